The van der Waals surface area contributed by atoms with E-state index in [0.717, 1.165) is 24.8 Å². The summed E-state index contributed by atoms with van der Waals surface area (Å²) >= 11 is 1.65. The number of hydrogen-bond acceptors (Lipinski definition) is 3. The van der Waals surface area contributed by atoms with E-state index in [1.807, 2.05) is 65.6 Å². The topological polar surface area (TPSA) is 49.4 Å². The highest BCUT2D eigenvalue weighted by atomic mass is 32.2. The minimum Gasteiger partial charge on any atom is -0.352 e. The molecule has 1 heterocycles. The highest BCUT2D eigenvalue weighted by molar-refractivity contribution is 8.00. The van der Waals surface area contributed by atoms with Crippen molar-refractivity contribution in [1.29, 1.82) is 0 Å². The average Bonchev–Trinajstić information content (AvgIpc) is 3.22. The van der Waals surface area contributed by atoms with Crippen molar-refractivity contribution in [2.24, 2.45) is 0 Å². The van der Waals surface area contributed by atoms with Crippen LogP contribution < -0.4 is 5.32 Å². The van der Waals surface area contributed by atoms with Gasteiger partial charge in [-0.25, -0.2) is 0 Å². The van der Waals surface area contributed by atoms with Gasteiger partial charge in [-0.3, -0.25) is 9.59 Å². The van der Waals surface area contributed by atoms with E-state index >= 15 is 0 Å². The Hall–Kier alpha value is -3.05. The van der Waals surface area contributed by atoms with Crippen molar-refractivity contribution >= 4 is 23.6 Å². The van der Waals surface area contributed by atoms with E-state index in [2.05, 4.69) is 29.6 Å². The van der Waals surface area contributed by atoms with Crippen LogP contribution in [0, 0.1) is 0 Å². The highest BCUT2D eigenvalue weighted by Crippen LogP contribution is 2.38. The van der Waals surface area contributed by atoms with E-state index in [4.69, 9.17) is 0 Å². The summed E-state index contributed by atoms with van der Waals surface area (Å²) in [5.41, 5.74) is 4.23. The molecule has 0 unspecified atom stereocenters. The summed E-state index contributed by atoms with van der Waals surface area (Å²) in [5.74, 6) is 0.625. The summed E-state index contributed by atoms with van der Waals surface area (Å²) in [6.45, 7) is 1.35. The zero-order valence-electron chi connectivity index (χ0n) is 18.1. The van der Waals surface area contributed by atoms with Gasteiger partial charge in [0.2, 0.25) is 5.91 Å². The Morgan fingerprint density at radius 2 is 1.50 bits per heavy atom. The molecule has 0 aromatic heterocycles. The van der Waals surface area contributed by atoms with E-state index in [1.165, 1.54) is 11.1 Å². The second-order valence-corrected chi connectivity index (χ2v) is 9.02. The molecule has 1 atom stereocenters. The lowest BCUT2D eigenvalue weighted by Gasteiger charge is -2.24. The third-order valence-corrected chi connectivity index (χ3v) is 6.94. The van der Waals surface area contributed by atoms with E-state index in [0.29, 0.717) is 24.4 Å². The first-order valence-electron chi connectivity index (χ1n) is 11.1. The van der Waals surface area contributed by atoms with Crippen molar-refractivity contribution in [3.8, 4) is 0 Å². The summed E-state index contributed by atoms with van der Waals surface area (Å²) in [7, 11) is 0. The van der Waals surface area contributed by atoms with Gasteiger partial charge in [0.25, 0.3) is 5.91 Å². The zero-order chi connectivity index (χ0) is 22.2. The molecule has 32 heavy (non-hydrogen) atoms. The fraction of sp³-hybridized carbons (Fsp3) is 0.259. The number of amides is 2. The number of benzene rings is 3. The monoisotopic (exact) mass is 444 g/mol. The molecular formula is C27H28N2O2S. The van der Waals surface area contributed by atoms with Gasteiger partial charge < -0.3 is 10.2 Å². The molecular weight excluding hydrogens is 416 g/mol. The maximum atomic E-state index is 12.5. The second-order valence-electron chi connectivity index (χ2n) is 7.95. The maximum Gasteiger partial charge on any atom is 0.251 e. The lowest BCUT2D eigenvalue weighted by molar-refractivity contribution is -0.128. The van der Waals surface area contributed by atoms with Crippen molar-refractivity contribution in [2.75, 3.05) is 18.8 Å². The van der Waals surface area contributed by atoms with Crippen LogP contribution in [0.25, 0.3) is 0 Å². The number of carbonyl (C=O) groups is 2. The van der Waals surface area contributed by atoms with Crippen LogP contribution in [0.2, 0.25) is 0 Å². The Labute approximate surface area is 194 Å². The van der Waals surface area contributed by atoms with E-state index < -0.39 is 0 Å². The lowest BCUT2D eigenvalue weighted by atomic mass is 10.1. The maximum absolute atomic E-state index is 12.5. The number of nitrogens with one attached hydrogen (secondary N) is 1. The summed E-state index contributed by atoms with van der Waals surface area (Å²) in [6.07, 6.45) is 2.70. The van der Waals surface area contributed by atoms with Crippen molar-refractivity contribution in [1.82, 2.24) is 10.2 Å². The zero-order valence-corrected chi connectivity index (χ0v) is 18.9. The molecule has 1 fully saturated rings. The SMILES string of the molecule is O=C(NCCCc1ccccc1)c1ccc([C@H]2SCC(=O)N2CCc2ccccc2)cc1. The summed E-state index contributed by atoms with van der Waals surface area (Å²) < 4.78 is 0. The molecule has 0 aliphatic carbocycles. The van der Waals surface area contributed by atoms with Gasteiger partial charge in [0.15, 0.2) is 0 Å². The van der Waals surface area contributed by atoms with Gasteiger partial charge in [0, 0.05) is 18.7 Å². The molecule has 0 saturated carbocycles. The van der Waals surface area contributed by atoms with E-state index in [1.54, 1.807) is 11.8 Å². The highest BCUT2D eigenvalue weighted by Gasteiger charge is 2.32. The first-order chi connectivity index (χ1) is 15.7. The number of aryl methyl sites for hydroxylation is 1. The van der Waals surface area contributed by atoms with Gasteiger partial charge in [-0.05, 0) is 48.1 Å². The number of hydrogen-bond donors (Lipinski definition) is 1. The molecule has 1 aliphatic rings. The number of rotatable bonds is 9. The standard InChI is InChI=1S/C27H28N2O2S/c30-25-20-32-27(29(25)19-17-22-10-5-2-6-11-22)24-15-13-23(14-16-24)26(31)28-18-7-12-21-8-3-1-4-9-21/h1-6,8-11,13-16,27H,7,12,17-20H2,(H,28,31)/t27-/m1/s1. The van der Waals surface area contributed by atoms with Crippen molar-refractivity contribution in [3.63, 3.8) is 0 Å². The van der Waals surface area contributed by atoms with Crippen LogP contribution >= 0.6 is 11.8 Å². The first kappa shape index (κ1) is 22.2. The fourth-order valence-electron chi connectivity index (χ4n) is 3.91. The third-order valence-electron chi connectivity index (χ3n) is 5.68. The predicted octanol–water partition coefficient (Wildman–Crippen LogP) is 4.87. The fourth-order valence-corrected chi connectivity index (χ4v) is 5.13. The number of carbonyl (C=O) groups excluding carboxylic acids is 2. The van der Waals surface area contributed by atoms with Gasteiger partial charge in [0.1, 0.15) is 5.37 Å². The summed E-state index contributed by atoms with van der Waals surface area (Å²) in [6, 6.07) is 28.2. The molecule has 3 aromatic carbocycles. The first-order valence-corrected chi connectivity index (χ1v) is 12.1. The van der Waals surface area contributed by atoms with E-state index in [-0.39, 0.29) is 17.2 Å². The van der Waals surface area contributed by atoms with Gasteiger partial charge in [-0.2, -0.15) is 0 Å². The molecule has 0 radical (unpaired) electrons. The van der Waals surface area contributed by atoms with Crippen LogP contribution in [0.1, 0.15) is 38.8 Å². The Balaban J connectivity index is 1.29. The van der Waals surface area contributed by atoms with Crippen LogP contribution in [0.5, 0.6) is 0 Å². The minimum atomic E-state index is -0.0549. The Kier molecular flexibility index (Phi) is 7.62. The molecule has 164 valence electrons. The van der Waals surface area contributed by atoms with Crippen molar-refractivity contribution in [2.45, 2.75) is 24.6 Å². The number of thioether (sulfide) groups is 1. The molecule has 5 heteroatoms. The van der Waals surface area contributed by atoms with Crippen LogP contribution in [0.3, 0.4) is 0 Å². The van der Waals surface area contributed by atoms with Gasteiger partial charge in [-0.1, -0.05) is 72.8 Å². The van der Waals surface area contributed by atoms with Gasteiger partial charge in [-0.15, -0.1) is 11.8 Å². The lowest BCUT2D eigenvalue weighted by Crippen LogP contribution is -2.30. The van der Waals surface area contributed by atoms with Crippen LogP contribution in [0.15, 0.2) is 84.9 Å². The third kappa shape index (κ3) is 5.80. The van der Waals surface area contributed by atoms with Gasteiger partial charge >= 0.3 is 0 Å². The molecule has 4 nitrogen and oxygen atoms in total. The quantitative estimate of drug-likeness (QED) is 0.479. The Morgan fingerprint density at radius 3 is 2.16 bits per heavy atom. The molecule has 3 aromatic rings. The normalized spacial score (nSPS) is 15.7. The van der Waals surface area contributed by atoms with Crippen molar-refractivity contribution < 1.29 is 9.59 Å². The molecule has 0 spiro atoms. The molecule has 2 amide bonds. The minimum absolute atomic E-state index is 0.00851. The number of nitrogens with zero attached hydrogens (tertiary/aromatic N) is 1. The van der Waals surface area contributed by atoms with E-state index in [9.17, 15) is 9.59 Å². The average molecular weight is 445 g/mol. The Morgan fingerprint density at radius 1 is 0.875 bits per heavy atom. The Bertz CT molecular complexity index is 1020. The molecule has 1 N–H and O–H groups in total. The van der Waals surface area contributed by atoms with Crippen LogP contribution in [0.4, 0.5) is 0 Å². The summed E-state index contributed by atoms with van der Waals surface area (Å²) in [5, 5.41) is 3.01. The molecule has 1 aliphatic heterocycles. The molecule has 4 rings (SSSR count). The smallest absolute Gasteiger partial charge is 0.251 e. The largest absolute Gasteiger partial charge is 0.352 e. The molecule has 0 bridgehead atoms. The molecule has 1 saturated heterocycles. The second kappa shape index (κ2) is 11.0. The van der Waals surface area contributed by atoms with Crippen LogP contribution in [-0.2, 0) is 17.6 Å². The predicted molar refractivity (Wildman–Crippen MR) is 131 cm³/mol. The van der Waals surface area contributed by atoms with Gasteiger partial charge in [0.05, 0.1) is 5.75 Å². The van der Waals surface area contributed by atoms with Crippen molar-refractivity contribution in [3.05, 3.63) is 107 Å². The van der Waals surface area contributed by atoms with Crippen LogP contribution in [-0.4, -0.2) is 35.6 Å². The summed E-state index contributed by atoms with van der Waals surface area (Å²) in [4.78, 5) is 26.9.